The van der Waals surface area contributed by atoms with Crippen molar-refractivity contribution in [3.63, 3.8) is 0 Å². The van der Waals surface area contributed by atoms with Gasteiger partial charge in [0.1, 0.15) is 29.2 Å². The average Bonchev–Trinajstić information content (AvgIpc) is 3.12. The zero-order valence-electron chi connectivity index (χ0n) is 30.7. The number of halogens is 1. The number of ketones is 3. The van der Waals surface area contributed by atoms with Gasteiger partial charge in [0.05, 0.1) is 33.1 Å². The highest BCUT2D eigenvalue weighted by atomic mass is 35.5. The van der Waals surface area contributed by atoms with Gasteiger partial charge in [0.2, 0.25) is 0 Å². The standard InChI is InChI=1S/C39H43ClN2O12/c1-7-53-38(49)35(21(3)43)27(23-9-15-29(45)33(17-23)51-5)19-31(47)37(42-41-26-13-11-25(40)12-14-26)32(48)20-28(36(22(4)44)39(50)54-8-2)24-10-16-30(46)34(18-24)52-6/h9-18,27-28,35-36,45-47H,7-8,19-20H2,1-6H3/b37-31+,42-41?. The van der Waals surface area contributed by atoms with E-state index in [9.17, 15) is 39.3 Å². The van der Waals surface area contributed by atoms with Crippen LogP contribution in [-0.4, -0.2) is 72.0 Å². The van der Waals surface area contributed by atoms with Crippen LogP contribution in [0.4, 0.5) is 5.69 Å². The molecule has 4 atom stereocenters. The summed E-state index contributed by atoms with van der Waals surface area (Å²) in [7, 11) is 2.60. The van der Waals surface area contributed by atoms with Gasteiger partial charge in [0, 0.05) is 29.7 Å². The van der Waals surface area contributed by atoms with Crippen molar-refractivity contribution in [3.8, 4) is 23.0 Å². The molecule has 0 saturated carbocycles. The number of benzene rings is 3. The molecule has 0 fully saturated rings. The van der Waals surface area contributed by atoms with E-state index in [0.29, 0.717) is 5.02 Å². The molecular formula is C39H43ClN2O12. The molecular weight excluding hydrogens is 724 g/mol. The molecule has 0 saturated heterocycles. The Hall–Kier alpha value is -5.76. The molecule has 0 aliphatic carbocycles. The van der Waals surface area contributed by atoms with Gasteiger partial charge in [-0.2, -0.15) is 5.11 Å². The van der Waals surface area contributed by atoms with Crippen LogP contribution in [-0.2, 0) is 33.4 Å². The lowest BCUT2D eigenvalue weighted by molar-refractivity contribution is -0.153. The fraction of sp³-hybridized carbons (Fsp3) is 0.359. The number of allylic oxidation sites excluding steroid dienone is 2. The Labute approximate surface area is 317 Å². The zero-order chi connectivity index (χ0) is 40.1. The molecule has 0 aliphatic heterocycles. The number of phenols is 2. The number of esters is 2. The largest absolute Gasteiger partial charge is 0.510 e. The third-order valence-corrected chi connectivity index (χ3v) is 8.73. The predicted molar refractivity (Wildman–Crippen MR) is 196 cm³/mol. The van der Waals surface area contributed by atoms with Crippen LogP contribution in [0.2, 0.25) is 5.02 Å². The van der Waals surface area contributed by atoms with Crippen molar-refractivity contribution in [1.82, 2.24) is 0 Å². The minimum absolute atomic E-state index is 0.00134. The zero-order valence-corrected chi connectivity index (χ0v) is 31.5. The Morgan fingerprint density at radius 1 is 0.704 bits per heavy atom. The molecule has 15 heteroatoms. The summed E-state index contributed by atoms with van der Waals surface area (Å²) in [4.78, 5) is 67.0. The Morgan fingerprint density at radius 2 is 1.15 bits per heavy atom. The molecule has 0 aromatic heterocycles. The molecule has 3 rings (SSSR count). The molecule has 3 aromatic rings. The minimum atomic E-state index is -1.51. The van der Waals surface area contributed by atoms with E-state index >= 15 is 0 Å². The van der Waals surface area contributed by atoms with E-state index in [1.165, 1.54) is 88.7 Å². The van der Waals surface area contributed by atoms with Gasteiger partial charge in [-0.05, 0) is 87.4 Å². The van der Waals surface area contributed by atoms with Crippen LogP contribution in [0, 0.1) is 11.8 Å². The van der Waals surface area contributed by atoms with Crippen molar-refractivity contribution in [2.75, 3.05) is 27.4 Å². The minimum Gasteiger partial charge on any atom is -0.510 e. The first kappa shape index (κ1) is 42.7. The van der Waals surface area contributed by atoms with Crippen LogP contribution >= 0.6 is 11.6 Å². The Kier molecular flexibility index (Phi) is 15.7. The van der Waals surface area contributed by atoms with Crippen LogP contribution in [0.3, 0.4) is 0 Å². The number of aliphatic hydroxyl groups excluding tert-OH is 1. The predicted octanol–water partition coefficient (Wildman–Crippen LogP) is 7.08. The van der Waals surface area contributed by atoms with Crippen molar-refractivity contribution >= 4 is 46.6 Å². The number of nitrogens with zero attached hydrogens (tertiary/aromatic N) is 2. The summed E-state index contributed by atoms with van der Waals surface area (Å²) in [6.45, 7) is 5.33. The molecule has 0 spiro atoms. The lowest BCUT2D eigenvalue weighted by Crippen LogP contribution is -2.32. The Morgan fingerprint density at radius 3 is 1.56 bits per heavy atom. The molecule has 0 heterocycles. The SMILES string of the molecule is CCOC(=O)C(C(C)=O)C(CC(=O)/C(N=Nc1ccc(Cl)cc1)=C(\O)CC(c1ccc(O)c(OC)c1)C(C(C)=O)C(=O)OCC)c1ccc(O)c(OC)c1. The lowest BCUT2D eigenvalue weighted by atomic mass is 9.78. The molecule has 0 aliphatic rings. The van der Waals surface area contributed by atoms with E-state index in [1.807, 2.05) is 0 Å². The smallest absolute Gasteiger partial charge is 0.317 e. The lowest BCUT2D eigenvalue weighted by Gasteiger charge is -2.26. The van der Waals surface area contributed by atoms with Crippen LogP contribution in [0.1, 0.15) is 63.5 Å². The topological polar surface area (TPSA) is 208 Å². The van der Waals surface area contributed by atoms with Gasteiger partial charge in [-0.25, -0.2) is 0 Å². The molecule has 14 nitrogen and oxygen atoms in total. The number of Topliss-reactive ketones (excluding diaryl/α,β-unsaturated/α-hetero) is 3. The average molecular weight is 767 g/mol. The Bertz CT molecular complexity index is 1910. The molecule has 288 valence electrons. The van der Waals surface area contributed by atoms with Crippen molar-refractivity contribution in [3.05, 3.63) is 88.3 Å². The third kappa shape index (κ3) is 10.9. The summed E-state index contributed by atoms with van der Waals surface area (Å²) in [5.41, 5.74) is 0.124. The fourth-order valence-corrected chi connectivity index (χ4v) is 6.01. The maximum absolute atomic E-state index is 14.4. The van der Waals surface area contributed by atoms with Gasteiger partial charge in [0.15, 0.2) is 34.5 Å². The van der Waals surface area contributed by atoms with E-state index in [-0.39, 0.29) is 53.0 Å². The normalized spacial score (nSPS) is 13.9. The van der Waals surface area contributed by atoms with Crippen LogP contribution in [0.25, 0.3) is 0 Å². The van der Waals surface area contributed by atoms with Gasteiger partial charge in [-0.1, -0.05) is 23.7 Å². The second kappa shape index (κ2) is 19.9. The number of hydrogen-bond acceptors (Lipinski definition) is 14. The summed E-state index contributed by atoms with van der Waals surface area (Å²) >= 11 is 6.02. The highest BCUT2D eigenvalue weighted by molar-refractivity contribution is 6.30. The summed E-state index contributed by atoms with van der Waals surface area (Å²) in [6.07, 6.45) is -1.18. The maximum atomic E-state index is 14.4. The van der Waals surface area contributed by atoms with Crippen LogP contribution in [0.5, 0.6) is 23.0 Å². The highest BCUT2D eigenvalue weighted by Gasteiger charge is 2.39. The number of hydrogen-bond donors (Lipinski definition) is 3. The van der Waals surface area contributed by atoms with Crippen molar-refractivity contribution in [2.24, 2.45) is 22.1 Å². The first-order valence-electron chi connectivity index (χ1n) is 16.9. The number of aromatic hydroxyl groups is 2. The monoisotopic (exact) mass is 766 g/mol. The van der Waals surface area contributed by atoms with E-state index in [1.54, 1.807) is 13.8 Å². The number of aliphatic hydroxyl groups is 1. The van der Waals surface area contributed by atoms with Gasteiger partial charge < -0.3 is 34.3 Å². The molecule has 3 N–H and O–H groups in total. The van der Waals surface area contributed by atoms with Gasteiger partial charge in [-0.15, -0.1) is 5.11 Å². The quantitative estimate of drug-likeness (QED) is 0.0368. The molecule has 54 heavy (non-hydrogen) atoms. The number of carbonyl (C=O) groups excluding carboxylic acids is 5. The number of phenolic OH excluding ortho intramolecular Hbond substituents is 2. The van der Waals surface area contributed by atoms with Crippen LogP contribution < -0.4 is 9.47 Å². The van der Waals surface area contributed by atoms with Crippen molar-refractivity contribution in [2.45, 2.75) is 52.4 Å². The van der Waals surface area contributed by atoms with Gasteiger partial charge >= 0.3 is 11.9 Å². The maximum Gasteiger partial charge on any atom is 0.317 e. The van der Waals surface area contributed by atoms with E-state index in [4.69, 9.17) is 30.5 Å². The van der Waals surface area contributed by atoms with E-state index in [0.717, 1.165) is 0 Å². The first-order valence-corrected chi connectivity index (χ1v) is 17.2. The number of carbonyl (C=O) groups is 5. The molecule has 0 amide bonds. The van der Waals surface area contributed by atoms with E-state index in [2.05, 4.69) is 10.2 Å². The third-order valence-electron chi connectivity index (χ3n) is 8.47. The molecule has 3 aromatic carbocycles. The van der Waals surface area contributed by atoms with Gasteiger partial charge in [0.25, 0.3) is 0 Å². The van der Waals surface area contributed by atoms with Crippen LogP contribution in [0.15, 0.2) is 82.3 Å². The number of methoxy groups -OCH3 is 2. The number of ether oxygens (including phenoxy) is 4. The number of rotatable bonds is 19. The summed E-state index contributed by atoms with van der Waals surface area (Å²) in [6, 6.07) is 14.2. The Balaban J connectivity index is 2.29. The number of azo groups is 1. The summed E-state index contributed by atoms with van der Waals surface area (Å²) in [5, 5.41) is 41.0. The molecule has 0 bridgehead atoms. The first-order chi connectivity index (χ1) is 25.7. The second-order valence-electron chi connectivity index (χ2n) is 12.1. The molecule has 4 unspecified atom stereocenters. The van der Waals surface area contributed by atoms with Crippen molar-refractivity contribution < 1.29 is 58.2 Å². The fourth-order valence-electron chi connectivity index (χ4n) is 5.89. The summed E-state index contributed by atoms with van der Waals surface area (Å²) < 4.78 is 20.9. The van der Waals surface area contributed by atoms with Crippen molar-refractivity contribution in [1.29, 1.82) is 0 Å². The second-order valence-corrected chi connectivity index (χ2v) is 12.5. The van der Waals surface area contributed by atoms with E-state index < -0.39 is 77.3 Å². The van der Waals surface area contributed by atoms with Gasteiger partial charge in [-0.3, -0.25) is 24.0 Å². The highest BCUT2D eigenvalue weighted by Crippen LogP contribution is 2.40. The summed E-state index contributed by atoms with van der Waals surface area (Å²) in [5.74, 6) is -10.5. The molecule has 0 radical (unpaired) electrons.